The standard InChI is InChI=1S/C14H15N3O3/c1-17-8-10(6-16-17)14(18)15-7-11-9-19-12-4-2-3-5-13(12)20-11/h2-6,8,11H,7,9H2,1H3,(H,15,18)/t11-/m0/s1. The summed E-state index contributed by atoms with van der Waals surface area (Å²) in [5, 5.41) is 6.78. The molecule has 0 spiro atoms. The Bertz CT molecular complexity index is 624. The van der Waals surface area contributed by atoms with E-state index in [1.54, 1.807) is 17.9 Å². The van der Waals surface area contributed by atoms with Crippen LogP contribution in [0.4, 0.5) is 0 Å². The molecule has 1 amide bonds. The van der Waals surface area contributed by atoms with Gasteiger partial charge in [-0.2, -0.15) is 5.10 Å². The third kappa shape index (κ3) is 2.59. The van der Waals surface area contributed by atoms with E-state index in [0.29, 0.717) is 24.5 Å². The van der Waals surface area contributed by atoms with Gasteiger partial charge in [-0.15, -0.1) is 0 Å². The number of para-hydroxylation sites is 2. The Morgan fingerprint density at radius 3 is 3.00 bits per heavy atom. The van der Waals surface area contributed by atoms with E-state index in [4.69, 9.17) is 9.47 Å². The van der Waals surface area contributed by atoms with Gasteiger partial charge in [0.05, 0.1) is 18.3 Å². The molecule has 0 radical (unpaired) electrons. The van der Waals surface area contributed by atoms with Gasteiger partial charge in [0.25, 0.3) is 5.91 Å². The number of aromatic nitrogens is 2. The average Bonchev–Trinajstić information content (AvgIpc) is 2.91. The summed E-state index contributed by atoms with van der Waals surface area (Å²) >= 11 is 0. The molecule has 104 valence electrons. The minimum atomic E-state index is -0.189. The number of hydrogen-bond acceptors (Lipinski definition) is 4. The summed E-state index contributed by atoms with van der Waals surface area (Å²) in [6.07, 6.45) is 3.01. The van der Waals surface area contributed by atoms with Crippen LogP contribution < -0.4 is 14.8 Å². The summed E-state index contributed by atoms with van der Waals surface area (Å²) in [5.41, 5.74) is 0.532. The third-order valence-electron chi connectivity index (χ3n) is 3.02. The number of nitrogens with one attached hydrogen (secondary N) is 1. The SMILES string of the molecule is Cn1cc(C(=O)NC[C@H]2COc3ccccc3O2)cn1. The maximum Gasteiger partial charge on any atom is 0.254 e. The number of amides is 1. The Morgan fingerprint density at radius 1 is 1.45 bits per heavy atom. The summed E-state index contributed by atoms with van der Waals surface area (Å²) in [4.78, 5) is 11.9. The second-order valence-corrected chi connectivity index (χ2v) is 4.61. The summed E-state index contributed by atoms with van der Waals surface area (Å²) < 4.78 is 12.9. The molecule has 1 aromatic heterocycles. The van der Waals surface area contributed by atoms with Crippen molar-refractivity contribution in [3.63, 3.8) is 0 Å². The fraction of sp³-hybridized carbons (Fsp3) is 0.286. The fourth-order valence-electron chi connectivity index (χ4n) is 2.01. The minimum Gasteiger partial charge on any atom is -0.486 e. The van der Waals surface area contributed by atoms with Crippen molar-refractivity contribution in [3.8, 4) is 11.5 Å². The zero-order chi connectivity index (χ0) is 13.9. The number of ether oxygens (including phenoxy) is 2. The number of aryl methyl sites for hydroxylation is 1. The zero-order valence-corrected chi connectivity index (χ0v) is 11.1. The van der Waals surface area contributed by atoms with Gasteiger partial charge in [0, 0.05) is 13.2 Å². The number of carbonyl (C=O) groups excluding carboxylic acids is 1. The van der Waals surface area contributed by atoms with Crippen molar-refractivity contribution in [1.82, 2.24) is 15.1 Å². The molecule has 1 atom stereocenters. The first-order valence-electron chi connectivity index (χ1n) is 6.38. The maximum absolute atomic E-state index is 11.9. The Labute approximate surface area is 116 Å². The highest BCUT2D eigenvalue weighted by Gasteiger charge is 2.21. The smallest absolute Gasteiger partial charge is 0.254 e. The van der Waals surface area contributed by atoms with Gasteiger partial charge in [-0.05, 0) is 12.1 Å². The summed E-state index contributed by atoms with van der Waals surface area (Å²) in [5.74, 6) is 1.28. The van der Waals surface area contributed by atoms with Crippen LogP contribution >= 0.6 is 0 Å². The molecular formula is C14H15N3O3. The van der Waals surface area contributed by atoms with Crippen LogP contribution in [-0.2, 0) is 7.05 Å². The molecule has 0 saturated heterocycles. The molecule has 1 N–H and O–H groups in total. The number of rotatable bonds is 3. The number of fused-ring (bicyclic) bond motifs is 1. The molecule has 0 saturated carbocycles. The predicted molar refractivity (Wildman–Crippen MR) is 71.9 cm³/mol. The van der Waals surface area contributed by atoms with E-state index in [1.807, 2.05) is 24.3 Å². The third-order valence-corrected chi connectivity index (χ3v) is 3.02. The van der Waals surface area contributed by atoms with Gasteiger partial charge in [0.1, 0.15) is 12.7 Å². The molecule has 1 aliphatic heterocycles. The van der Waals surface area contributed by atoms with E-state index < -0.39 is 0 Å². The lowest BCUT2D eigenvalue weighted by Crippen LogP contribution is -2.40. The number of hydrogen-bond donors (Lipinski definition) is 1. The summed E-state index contributed by atoms with van der Waals surface area (Å²) in [6.45, 7) is 0.812. The lowest BCUT2D eigenvalue weighted by Gasteiger charge is -2.26. The van der Waals surface area contributed by atoms with Crippen molar-refractivity contribution >= 4 is 5.91 Å². The van der Waals surface area contributed by atoms with Crippen molar-refractivity contribution in [3.05, 3.63) is 42.2 Å². The first kappa shape index (κ1) is 12.5. The lowest BCUT2D eigenvalue weighted by molar-refractivity contribution is 0.0789. The molecule has 6 nitrogen and oxygen atoms in total. The van der Waals surface area contributed by atoms with Crippen molar-refractivity contribution in [1.29, 1.82) is 0 Å². The monoisotopic (exact) mass is 273 g/mol. The Morgan fingerprint density at radius 2 is 2.25 bits per heavy atom. The molecule has 2 aromatic rings. The average molecular weight is 273 g/mol. The number of nitrogens with zero attached hydrogens (tertiary/aromatic N) is 2. The Kier molecular flexibility index (Phi) is 3.28. The largest absolute Gasteiger partial charge is 0.486 e. The van der Waals surface area contributed by atoms with E-state index in [2.05, 4.69) is 10.4 Å². The molecular weight excluding hydrogens is 258 g/mol. The Hall–Kier alpha value is -2.50. The highest BCUT2D eigenvalue weighted by Crippen LogP contribution is 2.30. The maximum atomic E-state index is 11.9. The van der Waals surface area contributed by atoms with E-state index in [1.165, 1.54) is 6.20 Å². The molecule has 3 rings (SSSR count). The van der Waals surface area contributed by atoms with Crippen LogP contribution in [0.3, 0.4) is 0 Å². The minimum absolute atomic E-state index is 0.166. The highest BCUT2D eigenvalue weighted by molar-refractivity contribution is 5.93. The van der Waals surface area contributed by atoms with Crippen molar-refractivity contribution in [2.45, 2.75) is 6.10 Å². The first-order chi connectivity index (χ1) is 9.72. The topological polar surface area (TPSA) is 65.4 Å². The molecule has 6 heteroatoms. The van der Waals surface area contributed by atoms with Crippen LogP contribution in [0.15, 0.2) is 36.7 Å². The van der Waals surface area contributed by atoms with Gasteiger partial charge < -0.3 is 14.8 Å². The summed E-state index contributed by atoms with van der Waals surface area (Å²) in [6, 6.07) is 7.50. The normalized spacial score (nSPS) is 16.8. The van der Waals surface area contributed by atoms with E-state index in [-0.39, 0.29) is 12.0 Å². The van der Waals surface area contributed by atoms with E-state index in [0.717, 1.165) is 5.75 Å². The van der Waals surface area contributed by atoms with Crippen LogP contribution in [-0.4, -0.2) is 34.9 Å². The second-order valence-electron chi connectivity index (χ2n) is 4.61. The molecule has 0 bridgehead atoms. The van der Waals surface area contributed by atoms with Crippen LogP contribution in [0.25, 0.3) is 0 Å². The molecule has 0 aliphatic carbocycles. The second kappa shape index (κ2) is 5.24. The number of carbonyl (C=O) groups is 1. The number of benzene rings is 1. The Balaban J connectivity index is 1.56. The zero-order valence-electron chi connectivity index (χ0n) is 11.1. The molecule has 2 heterocycles. The quantitative estimate of drug-likeness (QED) is 0.905. The fourth-order valence-corrected chi connectivity index (χ4v) is 2.01. The van der Waals surface area contributed by atoms with Gasteiger partial charge in [-0.25, -0.2) is 0 Å². The van der Waals surface area contributed by atoms with Gasteiger partial charge in [-0.1, -0.05) is 12.1 Å². The van der Waals surface area contributed by atoms with Crippen LogP contribution in [0.5, 0.6) is 11.5 Å². The van der Waals surface area contributed by atoms with Crippen LogP contribution in [0.1, 0.15) is 10.4 Å². The summed E-state index contributed by atoms with van der Waals surface area (Å²) in [7, 11) is 1.77. The van der Waals surface area contributed by atoms with Gasteiger partial charge >= 0.3 is 0 Å². The lowest BCUT2D eigenvalue weighted by atomic mass is 10.2. The van der Waals surface area contributed by atoms with Crippen molar-refractivity contribution < 1.29 is 14.3 Å². The van der Waals surface area contributed by atoms with E-state index in [9.17, 15) is 4.79 Å². The van der Waals surface area contributed by atoms with Crippen molar-refractivity contribution in [2.24, 2.45) is 7.05 Å². The van der Waals surface area contributed by atoms with E-state index >= 15 is 0 Å². The molecule has 0 unspecified atom stereocenters. The van der Waals surface area contributed by atoms with Gasteiger partial charge in [0.15, 0.2) is 11.5 Å². The molecule has 1 aliphatic rings. The van der Waals surface area contributed by atoms with Gasteiger partial charge in [0.2, 0.25) is 0 Å². The predicted octanol–water partition coefficient (Wildman–Crippen LogP) is 0.990. The van der Waals surface area contributed by atoms with Crippen LogP contribution in [0.2, 0.25) is 0 Å². The molecule has 1 aromatic carbocycles. The van der Waals surface area contributed by atoms with Crippen molar-refractivity contribution in [2.75, 3.05) is 13.2 Å². The highest BCUT2D eigenvalue weighted by atomic mass is 16.6. The first-order valence-corrected chi connectivity index (χ1v) is 6.38. The van der Waals surface area contributed by atoms with Crippen LogP contribution in [0, 0.1) is 0 Å². The molecule has 20 heavy (non-hydrogen) atoms. The van der Waals surface area contributed by atoms with Gasteiger partial charge in [-0.3, -0.25) is 9.48 Å². The molecule has 0 fully saturated rings.